The van der Waals surface area contributed by atoms with E-state index in [1.165, 1.54) is 0 Å². The number of carbonyl (C=O) groups is 1. The number of amides is 1. The number of rotatable bonds is 1. The molecule has 1 saturated heterocycles. The largest absolute Gasteiger partial charge is 0.450 e. The fraction of sp³-hybridized carbons (Fsp3) is 0.909. The van der Waals surface area contributed by atoms with Crippen LogP contribution in [-0.2, 0) is 4.74 Å². The van der Waals surface area contributed by atoms with E-state index in [0.29, 0.717) is 12.6 Å². The molecule has 0 spiro atoms. The Bertz CT molecular complexity index is 208. The summed E-state index contributed by atoms with van der Waals surface area (Å²) < 4.78 is 5.04. The minimum absolute atomic E-state index is 0.148. The molecule has 0 aromatic carbocycles. The van der Waals surface area contributed by atoms with Crippen molar-refractivity contribution in [1.82, 2.24) is 4.90 Å². The molecular formula is C11H21NO2. The molecule has 82 valence electrons. The summed E-state index contributed by atoms with van der Waals surface area (Å²) in [4.78, 5) is 13.5. The number of carbonyl (C=O) groups excluding carboxylic acids is 1. The number of ether oxygens (including phenoxy) is 1. The molecule has 0 N–H and O–H groups in total. The van der Waals surface area contributed by atoms with Gasteiger partial charge >= 0.3 is 6.09 Å². The van der Waals surface area contributed by atoms with Gasteiger partial charge in [-0.2, -0.15) is 0 Å². The van der Waals surface area contributed by atoms with Gasteiger partial charge in [-0.05, 0) is 25.2 Å². The average Bonchev–Trinajstić information content (AvgIpc) is 2.50. The lowest BCUT2D eigenvalue weighted by atomic mass is 9.85. The Morgan fingerprint density at radius 2 is 2.14 bits per heavy atom. The average molecular weight is 199 g/mol. The van der Waals surface area contributed by atoms with Crippen molar-refractivity contribution in [2.45, 2.75) is 46.6 Å². The number of hydrogen-bond donors (Lipinski definition) is 0. The molecule has 0 aromatic rings. The van der Waals surface area contributed by atoms with Gasteiger partial charge in [0, 0.05) is 12.6 Å². The summed E-state index contributed by atoms with van der Waals surface area (Å²) in [5, 5.41) is 0. The molecule has 0 bridgehead atoms. The van der Waals surface area contributed by atoms with Crippen LogP contribution in [0.3, 0.4) is 0 Å². The summed E-state index contributed by atoms with van der Waals surface area (Å²) in [6, 6.07) is 0.335. The zero-order valence-corrected chi connectivity index (χ0v) is 9.67. The molecule has 3 nitrogen and oxygen atoms in total. The van der Waals surface area contributed by atoms with Crippen LogP contribution in [0.5, 0.6) is 0 Å². The predicted octanol–water partition coefficient (Wildman–Crippen LogP) is 2.65. The van der Waals surface area contributed by atoms with Crippen LogP contribution in [0.2, 0.25) is 0 Å². The maximum atomic E-state index is 11.6. The molecule has 14 heavy (non-hydrogen) atoms. The van der Waals surface area contributed by atoms with E-state index in [-0.39, 0.29) is 11.5 Å². The molecule has 1 fully saturated rings. The van der Waals surface area contributed by atoms with Crippen LogP contribution in [0.4, 0.5) is 4.79 Å². The van der Waals surface area contributed by atoms with Gasteiger partial charge in [-0.3, -0.25) is 0 Å². The Morgan fingerprint density at radius 3 is 2.64 bits per heavy atom. The van der Waals surface area contributed by atoms with Crippen molar-refractivity contribution in [3.05, 3.63) is 0 Å². The molecule has 0 aliphatic carbocycles. The number of nitrogens with zero attached hydrogens (tertiary/aromatic N) is 1. The third-order valence-electron chi connectivity index (χ3n) is 2.75. The topological polar surface area (TPSA) is 29.5 Å². The second-order valence-electron chi connectivity index (χ2n) is 4.92. The van der Waals surface area contributed by atoms with Crippen molar-refractivity contribution in [3.63, 3.8) is 0 Å². The molecule has 1 aliphatic heterocycles. The third kappa shape index (κ3) is 2.40. The highest BCUT2D eigenvalue weighted by Crippen LogP contribution is 2.32. The van der Waals surface area contributed by atoms with E-state index < -0.39 is 0 Å². The van der Waals surface area contributed by atoms with Gasteiger partial charge in [-0.25, -0.2) is 4.79 Å². The Hall–Kier alpha value is -0.730. The minimum Gasteiger partial charge on any atom is -0.450 e. The van der Waals surface area contributed by atoms with Crippen LogP contribution in [0.1, 0.15) is 40.5 Å². The lowest BCUT2D eigenvalue weighted by molar-refractivity contribution is 0.0786. The zero-order valence-electron chi connectivity index (χ0n) is 9.67. The van der Waals surface area contributed by atoms with E-state index in [4.69, 9.17) is 4.74 Å². The lowest BCUT2D eigenvalue weighted by Crippen LogP contribution is -2.43. The van der Waals surface area contributed by atoms with Gasteiger partial charge in [0.05, 0.1) is 6.61 Å². The standard InChI is InChI=1S/C11H21NO2/c1-5-14-10(13)12-8-6-7-9(12)11(2,3)4/h9H,5-8H2,1-4H3. The quantitative estimate of drug-likeness (QED) is 0.649. The van der Waals surface area contributed by atoms with E-state index >= 15 is 0 Å². The number of likely N-dealkylation sites (tertiary alicyclic amines) is 1. The van der Waals surface area contributed by atoms with Gasteiger partial charge in [0.25, 0.3) is 0 Å². The van der Waals surface area contributed by atoms with Crippen molar-refractivity contribution < 1.29 is 9.53 Å². The van der Waals surface area contributed by atoms with Crippen LogP contribution in [-0.4, -0.2) is 30.2 Å². The van der Waals surface area contributed by atoms with Crippen molar-refractivity contribution in [3.8, 4) is 0 Å². The second kappa shape index (κ2) is 4.20. The van der Waals surface area contributed by atoms with Crippen molar-refractivity contribution >= 4 is 6.09 Å². The van der Waals surface area contributed by atoms with E-state index in [1.54, 1.807) is 0 Å². The molecule has 1 rings (SSSR count). The second-order valence-corrected chi connectivity index (χ2v) is 4.92. The van der Waals surface area contributed by atoms with Gasteiger partial charge in [0.1, 0.15) is 0 Å². The first-order chi connectivity index (χ1) is 6.46. The summed E-state index contributed by atoms with van der Waals surface area (Å²) in [6.45, 7) is 9.69. The van der Waals surface area contributed by atoms with Gasteiger partial charge < -0.3 is 9.64 Å². The highest BCUT2D eigenvalue weighted by atomic mass is 16.6. The van der Waals surface area contributed by atoms with Gasteiger partial charge in [-0.1, -0.05) is 20.8 Å². The predicted molar refractivity (Wildman–Crippen MR) is 56.2 cm³/mol. The van der Waals surface area contributed by atoms with Gasteiger partial charge in [0.2, 0.25) is 0 Å². The minimum atomic E-state index is -0.148. The maximum absolute atomic E-state index is 11.6. The molecule has 1 atom stereocenters. The van der Waals surface area contributed by atoms with E-state index in [9.17, 15) is 4.79 Å². The highest BCUT2D eigenvalue weighted by molar-refractivity contribution is 5.68. The highest BCUT2D eigenvalue weighted by Gasteiger charge is 2.37. The Kier molecular flexibility index (Phi) is 3.40. The maximum Gasteiger partial charge on any atom is 0.410 e. The van der Waals surface area contributed by atoms with E-state index in [2.05, 4.69) is 20.8 Å². The molecule has 0 radical (unpaired) electrons. The summed E-state index contributed by atoms with van der Waals surface area (Å²) in [7, 11) is 0. The van der Waals surface area contributed by atoms with Crippen LogP contribution in [0.25, 0.3) is 0 Å². The molecular weight excluding hydrogens is 178 g/mol. The van der Waals surface area contributed by atoms with Crippen LogP contribution in [0, 0.1) is 5.41 Å². The smallest absolute Gasteiger partial charge is 0.410 e. The first kappa shape index (κ1) is 11.3. The summed E-state index contributed by atoms with van der Waals surface area (Å²) in [5.41, 5.74) is 0.156. The van der Waals surface area contributed by atoms with Crippen molar-refractivity contribution in [1.29, 1.82) is 0 Å². The van der Waals surface area contributed by atoms with Crippen LogP contribution >= 0.6 is 0 Å². The third-order valence-corrected chi connectivity index (χ3v) is 2.75. The molecule has 1 unspecified atom stereocenters. The molecule has 1 heterocycles. The summed E-state index contributed by atoms with van der Waals surface area (Å²) in [6.07, 6.45) is 2.05. The molecule has 0 aromatic heterocycles. The first-order valence-corrected chi connectivity index (χ1v) is 5.40. The normalized spacial score (nSPS) is 22.6. The van der Waals surface area contributed by atoms with E-state index in [0.717, 1.165) is 19.4 Å². The fourth-order valence-corrected chi connectivity index (χ4v) is 2.09. The van der Waals surface area contributed by atoms with E-state index in [1.807, 2.05) is 11.8 Å². The molecule has 3 heteroatoms. The SMILES string of the molecule is CCOC(=O)N1CCCC1C(C)(C)C. The number of hydrogen-bond acceptors (Lipinski definition) is 2. The van der Waals surface area contributed by atoms with Crippen molar-refractivity contribution in [2.75, 3.05) is 13.2 Å². The lowest BCUT2D eigenvalue weighted by Gasteiger charge is -2.34. The molecule has 1 amide bonds. The van der Waals surface area contributed by atoms with Crippen LogP contribution < -0.4 is 0 Å². The van der Waals surface area contributed by atoms with Gasteiger partial charge in [-0.15, -0.1) is 0 Å². The fourth-order valence-electron chi connectivity index (χ4n) is 2.09. The monoisotopic (exact) mass is 199 g/mol. The molecule has 0 saturated carbocycles. The molecule has 1 aliphatic rings. The zero-order chi connectivity index (χ0) is 10.8. The van der Waals surface area contributed by atoms with Gasteiger partial charge in [0.15, 0.2) is 0 Å². The Labute approximate surface area is 86.4 Å². The Morgan fingerprint density at radius 1 is 1.50 bits per heavy atom. The van der Waals surface area contributed by atoms with Crippen molar-refractivity contribution in [2.24, 2.45) is 5.41 Å². The van der Waals surface area contributed by atoms with Crippen LogP contribution in [0.15, 0.2) is 0 Å². The summed E-state index contributed by atoms with van der Waals surface area (Å²) in [5.74, 6) is 0. The summed E-state index contributed by atoms with van der Waals surface area (Å²) >= 11 is 0. The Balaban J connectivity index is 2.64. The first-order valence-electron chi connectivity index (χ1n) is 5.40.